The minimum Gasteiger partial charge on any atom is -0.477 e. The quantitative estimate of drug-likeness (QED) is 0.599. The zero-order valence-corrected chi connectivity index (χ0v) is 12.9. The van der Waals surface area contributed by atoms with Crippen molar-refractivity contribution in [1.82, 2.24) is 14.8 Å². The normalized spacial score (nSPS) is 11.0. The van der Waals surface area contributed by atoms with Crippen molar-refractivity contribution in [3.8, 4) is 0 Å². The van der Waals surface area contributed by atoms with Crippen molar-refractivity contribution in [2.24, 2.45) is 0 Å². The predicted molar refractivity (Wildman–Crippen MR) is 89.7 cm³/mol. The molecule has 0 spiro atoms. The first-order valence-corrected chi connectivity index (χ1v) is 7.80. The van der Waals surface area contributed by atoms with Crippen molar-refractivity contribution in [2.75, 3.05) is 5.32 Å². The fraction of sp³-hybridized carbons (Fsp3) is 0. The van der Waals surface area contributed by atoms with Gasteiger partial charge in [-0.3, -0.25) is 4.79 Å². The van der Waals surface area contributed by atoms with Crippen LogP contribution in [0.4, 0.5) is 5.69 Å². The van der Waals surface area contributed by atoms with Gasteiger partial charge >= 0.3 is 5.97 Å². The van der Waals surface area contributed by atoms with Gasteiger partial charge in [-0.25, -0.2) is 9.31 Å². The molecule has 3 aromatic heterocycles. The number of nitrogens with zero attached hydrogens (tertiary/aromatic N) is 3. The smallest absolute Gasteiger partial charge is 0.345 e. The summed E-state index contributed by atoms with van der Waals surface area (Å²) in [6, 6.07) is 10.3. The molecular formula is C16H10N4O3S. The number of rotatable bonds is 3. The van der Waals surface area contributed by atoms with E-state index in [-0.39, 0.29) is 10.8 Å². The molecule has 3 heterocycles. The first-order chi connectivity index (χ1) is 11.6. The van der Waals surface area contributed by atoms with Gasteiger partial charge in [0.05, 0.1) is 11.7 Å². The number of aromatic carboxylic acids is 1. The Labute approximate surface area is 139 Å². The molecule has 1 aromatic carbocycles. The van der Waals surface area contributed by atoms with Crippen LogP contribution in [0.15, 0.2) is 48.8 Å². The van der Waals surface area contributed by atoms with Gasteiger partial charge in [-0.05, 0) is 41.8 Å². The summed E-state index contributed by atoms with van der Waals surface area (Å²) in [5.74, 6) is -1.21. The summed E-state index contributed by atoms with van der Waals surface area (Å²) < 4.78 is 2.43. The van der Waals surface area contributed by atoms with Crippen LogP contribution in [0, 0.1) is 0 Å². The lowest BCUT2D eigenvalue weighted by atomic mass is 10.2. The minimum atomic E-state index is -0.954. The van der Waals surface area contributed by atoms with Gasteiger partial charge in [0.15, 0.2) is 0 Å². The summed E-state index contributed by atoms with van der Waals surface area (Å²) >= 11 is 1.20. The molecule has 7 nitrogen and oxygen atoms in total. The number of carbonyl (C=O) groups is 2. The third-order valence-corrected chi connectivity index (χ3v) is 4.65. The third-order valence-electron chi connectivity index (χ3n) is 3.55. The van der Waals surface area contributed by atoms with Crippen LogP contribution in [0.2, 0.25) is 0 Å². The maximum Gasteiger partial charge on any atom is 0.345 e. The van der Waals surface area contributed by atoms with Crippen molar-refractivity contribution in [2.45, 2.75) is 0 Å². The number of fused-ring (bicyclic) bond motifs is 2. The number of amides is 1. The highest BCUT2D eigenvalue weighted by molar-refractivity contribution is 7.20. The van der Waals surface area contributed by atoms with Crippen LogP contribution in [0.3, 0.4) is 0 Å². The lowest BCUT2D eigenvalue weighted by Crippen LogP contribution is -2.12. The minimum absolute atomic E-state index is 0.258. The Balaban J connectivity index is 1.62. The molecule has 0 aliphatic carbocycles. The number of benzene rings is 1. The molecule has 2 N–H and O–H groups in total. The Morgan fingerprint density at radius 1 is 1.17 bits per heavy atom. The highest BCUT2D eigenvalue weighted by Crippen LogP contribution is 2.28. The molecule has 0 fully saturated rings. The zero-order valence-electron chi connectivity index (χ0n) is 12.1. The number of hydrogen-bond donors (Lipinski definition) is 2. The largest absolute Gasteiger partial charge is 0.477 e. The second-order valence-corrected chi connectivity index (χ2v) is 6.23. The maximum atomic E-state index is 12.4. The van der Waals surface area contributed by atoms with E-state index in [1.54, 1.807) is 53.3 Å². The highest BCUT2D eigenvalue weighted by Gasteiger charge is 2.11. The highest BCUT2D eigenvalue weighted by atomic mass is 32.1. The fourth-order valence-electron chi connectivity index (χ4n) is 2.40. The number of carboxylic acids is 1. The number of nitrogens with one attached hydrogen (secondary N) is 1. The second kappa shape index (κ2) is 5.43. The van der Waals surface area contributed by atoms with E-state index in [1.807, 2.05) is 0 Å². The van der Waals surface area contributed by atoms with Crippen LogP contribution < -0.4 is 5.32 Å². The van der Waals surface area contributed by atoms with E-state index in [1.165, 1.54) is 11.3 Å². The number of thiophene rings is 1. The van der Waals surface area contributed by atoms with E-state index in [0.29, 0.717) is 11.3 Å². The standard InChI is InChI=1S/C16H10N4O3S/c21-15(9-3-4-20-12(6-9)8-17-19-20)18-11-1-2-13-10(5-11)7-14(24-13)16(22)23/h1-8H,(H,18,21)(H,22,23). The molecule has 4 aromatic rings. The Kier molecular flexibility index (Phi) is 3.24. The molecule has 118 valence electrons. The molecule has 0 unspecified atom stereocenters. The number of hydrogen-bond acceptors (Lipinski definition) is 5. The van der Waals surface area contributed by atoms with Gasteiger partial charge in [-0.1, -0.05) is 5.21 Å². The Hall–Kier alpha value is -3.26. The molecule has 1 amide bonds. The first-order valence-electron chi connectivity index (χ1n) is 6.98. The molecule has 0 aliphatic heterocycles. The van der Waals surface area contributed by atoms with E-state index in [9.17, 15) is 9.59 Å². The maximum absolute atomic E-state index is 12.4. The van der Waals surface area contributed by atoms with Crippen molar-refractivity contribution in [3.63, 3.8) is 0 Å². The summed E-state index contributed by atoms with van der Waals surface area (Å²) in [5, 5.41) is 20.3. The number of aromatic nitrogens is 3. The number of carboxylic acid groups (broad SMARTS) is 1. The Bertz CT molecular complexity index is 1100. The molecule has 0 atom stereocenters. The predicted octanol–water partition coefficient (Wildman–Crippen LogP) is 2.89. The van der Waals surface area contributed by atoms with Gasteiger partial charge in [0.25, 0.3) is 5.91 Å². The molecule has 0 bridgehead atoms. The lowest BCUT2D eigenvalue weighted by Gasteiger charge is -2.05. The third kappa shape index (κ3) is 2.48. The summed E-state index contributed by atoms with van der Waals surface area (Å²) in [7, 11) is 0. The molecule has 4 rings (SSSR count). The molecule has 24 heavy (non-hydrogen) atoms. The monoisotopic (exact) mass is 338 g/mol. The lowest BCUT2D eigenvalue weighted by molar-refractivity contribution is 0.0702. The van der Waals surface area contributed by atoms with Gasteiger partial charge in [0, 0.05) is 22.1 Å². The van der Waals surface area contributed by atoms with Crippen molar-refractivity contribution in [1.29, 1.82) is 0 Å². The first kappa shape index (κ1) is 14.3. The average molecular weight is 338 g/mol. The molecule has 0 aliphatic rings. The van der Waals surface area contributed by atoms with Crippen LogP contribution in [0.5, 0.6) is 0 Å². The van der Waals surface area contributed by atoms with E-state index < -0.39 is 5.97 Å². The summed E-state index contributed by atoms with van der Waals surface area (Å²) in [6.07, 6.45) is 3.24. The number of pyridine rings is 1. The van der Waals surface area contributed by atoms with Crippen LogP contribution in [0.25, 0.3) is 15.6 Å². The summed E-state index contributed by atoms with van der Waals surface area (Å²) in [5.41, 5.74) is 1.82. The van der Waals surface area contributed by atoms with Gasteiger partial charge in [-0.15, -0.1) is 16.4 Å². The van der Waals surface area contributed by atoms with Gasteiger partial charge in [0.2, 0.25) is 0 Å². The van der Waals surface area contributed by atoms with Crippen molar-refractivity contribution < 1.29 is 14.7 Å². The number of anilines is 1. The van der Waals surface area contributed by atoms with Gasteiger partial charge < -0.3 is 10.4 Å². The van der Waals surface area contributed by atoms with E-state index >= 15 is 0 Å². The summed E-state index contributed by atoms with van der Waals surface area (Å²) in [4.78, 5) is 23.7. The SMILES string of the molecule is O=C(Nc1ccc2sc(C(=O)O)cc2c1)c1ccn2nncc2c1. The van der Waals surface area contributed by atoms with E-state index in [2.05, 4.69) is 15.6 Å². The van der Waals surface area contributed by atoms with Crippen LogP contribution in [-0.4, -0.2) is 31.8 Å². The topological polar surface area (TPSA) is 96.6 Å². The van der Waals surface area contributed by atoms with Crippen molar-refractivity contribution >= 4 is 44.5 Å². The molecule has 8 heteroatoms. The Morgan fingerprint density at radius 3 is 2.88 bits per heavy atom. The average Bonchev–Trinajstić information content (AvgIpc) is 3.20. The van der Waals surface area contributed by atoms with E-state index in [4.69, 9.17) is 5.11 Å². The van der Waals surface area contributed by atoms with Crippen LogP contribution in [0.1, 0.15) is 20.0 Å². The second-order valence-electron chi connectivity index (χ2n) is 5.14. The fourth-order valence-corrected chi connectivity index (χ4v) is 3.28. The van der Waals surface area contributed by atoms with Gasteiger partial charge in [-0.2, -0.15) is 0 Å². The molecule has 0 saturated heterocycles. The van der Waals surface area contributed by atoms with Crippen LogP contribution in [-0.2, 0) is 0 Å². The summed E-state index contributed by atoms with van der Waals surface area (Å²) in [6.45, 7) is 0. The van der Waals surface area contributed by atoms with Crippen molar-refractivity contribution in [3.05, 3.63) is 59.2 Å². The molecule has 0 radical (unpaired) electrons. The molecular weight excluding hydrogens is 328 g/mol. The Morgan fingerprint density at radius 2 is 2.04 bits per heavy atom. The zero-order chi connectivity index (χ0) is 16.7. The van der Waals surface area contributed by atoms with Crippen LogP contribution >= 0.6 is 11.3 Å². The van der Waals surface area contributed by atoms with E-state index in [0.717, 1.165) is 15.6 Å². The molecule has 0 saturated carbocycles. The van der Waals surface area contributed by atoms with Gasteiger partial charge in [0.1, 0.15) is 4.88 Å². The number of carbonyl (C=O) groups excluding carboxylic acids is 1.